The summed E-state index contributed by atoms with van der Waals surface area (Å²) in [5.74, 6) is -0.649. The molecule has 0 radical (unpaired) electrons. The van der Waals surface area contributed by atoms with Crippen LogP contribution in [0.4, 0.5) is 0 Å². The van der Waals surface area contributed by atoms with E-state index in [1.807, 2.05) is 55.5 Å². The number of allylic oxidation sites excluding steroid dienone is 1. The highest BCUT2D eigenvalue weighted by Crippen LogP contribution is 2.47. The number of aryl methyl sites for hydroxylation is 1. The Labute approximate surface area is 269 Å². The van der Waals surface area contributed by atoms with E-state index >= 15 is 0 Å². The number of rotatable bonds is 6. The Balaban J connectivity index is 1.34. The van der Waals surface area contributed by atoms with Gasteiger partial charge in [0.1, 0.15) is 17.4 Å². The monoisotopic (exact) mass is 626 g/mol. The molecule has 5 atom stereocenters. The van der Waals surface area contributed by atoms with Gasteiger partial charge in [0.25, 0.3) is 0 Å². The first-order valence-corrected chi connectivity index (χ1v) is 16.2. The predicted octanol–water partition coefficient (Wildman–Crippen LogP) is 5.02. The first kappa shape index (κ1) is 31.5. The molecule has 0 saturated heterocycles. The number of nitrogens with one attached hydrogen (secondary N) is 1. The molecule has 1 aromatic heterocycles. The lowest BCUT2D eigenvalue weighted by Gasteiger charge is -2.26. The zero-order chi connectivity index (χ0) is 32.4. The van der Waals surface area contributed by atoms with Gasteiger partial charge in [-0.15, -0.1) is 0 Å². The van der Waals surface area contributed by atoms with Crippen molar-refractivity contribution in [2.45, 2.75) is 64.0 Å². The molecule has 2 fully saturated rings. The molecule has 2 saturated carbocycles. The van der Waals surface area contributed by atoms with Gasteiger partial charge in [-0.3, -0.25) is 9.59 Å². The molecule has 10 nitrogen and oxygen atoms in total. The summed E-state index contributed by atoms with van der Waals surface area (Å²) in [6.07, 6.45) is 7.38. The van der Waals surface area contributed by atoms with Gasteiger partial charge in [0.05, 0.1) is 36.5 Å². The summed E-state index contributed by atoms with van der Waals surface area (Å²) in [6, 6.07) is 13.4. The second kappa shape index (κ2) is 13.1. The standard InChI is InChI=1S/C36H42N4O6/c1-5-45-35(43)36-21-24(36)15-11-6-7-12-18-40(3)34(42)28-20-25(19-27(28)32(41)39-36)46-33-26-16-17-29(44-4)22(2)30(26)37-31(38-33)23-13-9-8-10-14-23/h8-11,13-17,24-25,27-28H,5-7,12,18-21H2,1-4H3,(H,39,41)/b15-11+. The van der Waals surface area contributed by atoms with Crippen LogP contribution in [-0.4, -0.2) is 71.6 Å². The van der Waals surface area contributed by atoms with Gasteiger partial charge in [-0.25, -0.2) is 9.78 Å². The van der Waals surface area contributed by atoms with E-state index in [4.69, 9.17) is 24.2 Å². The maximum absolute atomic E-state index is 14.0. The van der Waals surface area contributed by atoms with Gasteiger partial charge in [0.2, 0.25) is 17.7 Å². The number of hydrogen-bond acceptors (Lipinski definition) is 8. The van der Waals surface area contributed by atoms with Crippen LogP contribution in [-0.2, 0) is 19.1 Å². The van der Waals surface area contributed by atoms with E-state index in [-0.39, 0.29) is 24.3 Å². The quantitative estimate of drug-likeness (QED) is 0.299. The third-order valence-corrected chi connectivity index (χ3v) is 9.60. The highest BCUT2D eigenvalue weighted by Gasteiger charge is 2.62. The van der Waals surface area contributed by atoms with Gasteiger partial charge in [0.15, 0.2) is 5.82 Å². The van der Waals surface area contributed by atoms with E-state index in [0.717, 1.165) is 35.8 Å². The molecule has 242 valence electrons. The van der Waals surface area contributed by atoms with Crippen LogP contribution >= 0.6 is 0 Å². The number of hydrogen-bond donors (Lipinski definition) is 1. The number of fused-ring (bicyclic) bond motifs is 3. The Hall–Kier alpha value is -4.47. The maximum atomic E-state index is 14.0. The lowest BCUT2D eigenvalue weighted by Crippen LogP contribution is -2.50. The molecular weight excluding hydrogens is 584 g/mol. The molecule has 2 aromatic carbocycles. The zero-order valence-electron chi connectivity index (χ0n) is 27.0. The Morgan fingerprint density at radius 1 is 1.07 bits per heavy atom. The summed E-state index contributed by atoms with van der Waals surface area (Å²) in [5, 5.41) is 3.77. The van der Waals surface area contributed by atoms with Gasteiger partial charge in [-0.1, -0.05) is 42.5 Å². The van der Waals surface area contributed by atoms with E-state index in [0.29, 0.717) is 48.8 Å². The van der Waals surface area contributed by atoms with Crippen molar-refractivity contribution in [2.24, 2.45) is 17.8 Å². The summed E-state index contributed by atoms with van der Waals surface area (Å²) in [6.45, 7) is 4.54. The molecule has 0 bridgehead atoms. The minimum absolute atomic E-state index is 0.0884. The summed E-state index contributed by atoms with van der Waals surface area (Å²) in [7, 11) is 3.42. The smallest absolute Gasteiger partial charge is 0.332 e. The number of aromatic nitrogens is 2. The summed E-state index contributed by atoms with van der Waals surface area (Å²) < 4.78 is 17.6. The number of esters is 1. The third-order valence-electron chi connectivity index (χ3n) is 9.60. The first-order valence-electron chi connectivity index (χ1n) is 16.2. The highest BCUT2D eigenvalue weighted by molar-refractivity contribution is 5.95. The van der Waals surface area contributed by atoms with Crippen LogP contribution in [0, 0.1) is 24.7 Å². The van der Waals surface area contributed by atoms with Crippen LogP contribution in [0.25, 0.3) is 22.3 Å². The molecule has 10 heteroatoms. The van der Waals surface area contributed by atoms with Crippen molar-refractivity contribution in [3.05, 3.63) is 60.2 Å². The minimum atomic E-state index is -1.10. The van der Waals surface area contributed by atoms with Crippen LogP contribution in [0.2, 0.25) is 0 Å². The number of methoxy groups -OCH3 is 1. The van der Waals surface area contributed by atoms with E-state index < -0.39 is 29.4 Å². The molecule has 5 unspecified atom stereocenters. The van der Waals surface area contributed by atoms with E-state index in [2.05, 4.69) is 11.4 Å². The topological polar surface area (TPSA) is 120 Å². The molecule has 46 heavy (non-hydrogen) atoms. The van der Waals surface area contributed by atoms with E-state index in [1.54, 1.807) is 26.0 Å². The van der Waals surface area contributed by atoms with Crippen molar-refractivity contribution in [1.82, 2.24) is 20.2 Å². The molecule has 3 aromatic rings. The summed E-state index contributed by atoms with van der Waals surface area (Å²) >= 11 is 0. The Morgan fingerprint density at radius 2 is 1.85 bits per heavy atom. The SMILES string of the molecule is CCOC(=O)C12CC1/C=C/CCCCN(C)C(=O)C1CC(Oc3nc(-c4ccccc4)nc4c(C)c(OC)ccc34)CC1C(=O)N2. The van der Waals surface area contributed by atoms with Gasteiger partial charge in [-0.05, 0) is 64.5 Å². The molecule has 2 aliphatic carbocycles. The lowest BCUT2D eigenvalue weighted by atomic mass is 9.93. The van der Waals surface area contributed by atoms with E-state index in [1.165, 1.54) is 0 Å². The average Bonchev–Trinajstić information content (AvgIpc) is 3.59. The van der Waals surface area contributed by atoms with Gasteiger partial charge in [-0.2, -0.15) is 4.98 Å². The number of carbonyl (C=O) groups excluding carboxylic acids is 3. The van der Waals surface area contributed by atoms with Crippen molar-refractivity contribution in [3.63, 3.8) is 0 Å². The molecule has 2 amide bonds. The number of benzene rings is 2. The predicted molar refractivity (Wildman–Crippen MR) is 173 cm³/mol. The van der Waals surface area contributed by atoms with Crippen LogP contribution in [0.1, 0.15) is 51.0 Å². The Morgan fingerprint density at radius 3 is 2.61 bits per heavy atom. The average molecular weight is 627 g/mol. The lowest BCUT2D eigenvalue weighted by molar-refractivity contribution is -0.150. The third kappa shape index (κ3) is 6.04. The van der Waals surface area contributed by atoms with Crippen LogP contribution in [0.3, 0.4) is 0 Å². The van der Waals surface area contributed by atoms with Crippen molar-refractivity contribution in [3.8, 4) is 23.0 Å². The number of ether oxygens (including phenoxy) is 3. The van der Waals surface area contributed by atoms with Crippen LogP contribution in [0.5, 0.6) is 11.6 Å². The Kier molecular flexibility index (Phi) is 8.97. The number of amides is 2. The first-order chi connectivity index (χ1) is 22.3. The maximum Gasteiger partial charge on any atom is 0.332 e. The molecule has 6 rings (SSSR count). The Bertz CT molecular complexity index is 1660. The highest BCUT2D eigenvalue weighted by atomic mass is 16.5. The van der Waals surface area contributed by atoms with Crippen LogP contribution < -0.4 is 14.8 Å². The largest absolute Gasteiger partial charge is 0.496 e. The van der Waals surface area contributed by atoms with Crippen LogP contribution in [0.15, 0.2) is 54.6 Å². The summed E-state index contributed by atoms with van der Waals surface area (Å²) in [4.78, 5) is 52.5. The fourth-order valence-corrected chi connectivity index (χ4v) is 6.91. The molecule has 3 aliphatic rings. The van der Waals surface area contributed by atoms with Gasteiger partial charge >= 0.3 is 5.97 Å². The normalized spacial score (nSPS) is 27.2. The molecule has 0 spiro atoms. The van der Waals surface area contributed by atoms with Crippen molar-refractivity contribution in [1.29, 1.82) is 0 Å². The fourth-order valence-electron chi connectivity index (χ4n) is 6.91. The van der Waals surface area contributed by atoms with Crippen molar-refractivity contribution >= 4 is 28.7 Å². The van der Waals surface area contributed by atoms with Gasteiger partial charge < -0.3 is 24.4 Å². The second-order valence-electron chi connectivity index (χ2n) is 12.6. The van der Waals surface area contributed by atoms with Gasteiger partial charge in [0, 0.05) is 30.6 Å². The number of carbonyl (C=O) groups is 3. The molecule has 1 aliphatic heterocycles. The van der Waals surface area contributed by atoms with Crippen molar-refractivity contribution in [2.75, 3.05) is 27.3 Å². The molecule has 1 N–H and O–H groups in total. The molecular formula is C36H42N4O6. The summed E-state index contributed by atoms with van der Waals surface area (Å²) in [5.41, 5.74) is 1.30. The minimum Gasteiger partial charge on any atom is -0.496 e. The second-order valence-corrected chi connectivity index (χ2v) is 12.6. The molecule has 2 heterocycles. The zero-order valence-corrected chi connectivity index (χ0v) is 27.0. The van der Waals surface area contributed by atoms with Crippen molar-refractivity contribution < 1.29 is 28.6 Å². The number of nitrogens with zero attached hydrogens (tertiary/aromatic N) is 3. The fraction of sp³-hybridized carbons (Fsp3) is 0.472. The van der Waals surface area contributed by atoms with E-state index in [9.17, 15) is 14.4 Å².